The summed E-state index contributed by atoms with van der Waals surface area (Å²) in [4.78, 5) is 12.5. The fraction of sp³-hybridized carbons (Fsp3) is 0.130. The van der Waals surface area contributed by atoms with Crippen molar-refractivity contribution >= 4 is 16.7 Å². The molecule has 5 nitrogen and oxygen atoms in total. The molecule has 4 rings (SSSR count). The summed E-state index contributed by atoms with van der Waals surface area (Å²) < 4.78 is 5.50. The molecule has 0 unspecified atom stereocenters. The minimum absolute atomic E-state index is 0.194. The Balaban J connectivity index is 1.49. The van der Waals surface area contributed by atoms with Gasteiger partial charge in [-0.3, -0.25) is 9.89 Å². The van der Waals surface area contributed by atoms with E-state index in [-0.39, 0.29) is 5.91 Å². The maximum absolute atomic E-state index is 12.5. The Morgan fingerprint density at radius 2 is 1.86 bits per heavy atom. The van der Waals surface area contributed by atoms with E-state index in [1.165, 1.54) is 0 Å². The summed E-state index contributed by atoms with van der Waals surface area (Å²) in [5, 5.41) is 12.4. The molecular formula is C23H21N3O2. The number of amides is 1. The number of nitrogens with one attached hydrogen (secondary N) is 2. The van der Waals surface area contributed by atoms with E-state index >= 15 is 0 Å². The average molecular weight is 371 g/mol. The largest absolute Gasteiger partial charge is 0.494 e. The smallest absolute Gasteiger partial charge is 0.269 e. The van der Waals surface area contributed by atoms with Crippen LogP contribution in [0, 0.1) is 0 Å². The highest BCUT2D eigenvalue weighted by atomic mass is 16.5. The molecule has 1 heterocycles. The van der Waals surface area contributed by atoms with E-state index < -0.39 is 0 Å². The number of aromatic nitrogens is 2. The molecular weight excluding hydrogens is 350 g/mol. The highest BCUT2D eigenvalue weighted by molar-refractivity contribution is 5.98. The quantitative estimate of drug-likeness (QED) is 0.522. The van der Waals surface area contributed by atoms with Crippen LogP contribution in [-0.2, 0) is 6.54 Å². The van der Waals surface area contributed by atoms with Gasteiger partial charge in [-0.2, -0.15) is 5.10 Å². The van der Waals surface area contributed by atoms with Crippen molar-refractivity contribution in [2.24, 2.45) is 0 Å². The number of hydrogen-bond acceptors (Lipinski definition) is 3. The van der Waals surface area contributed by atoms with Gasteiger partial charge in [-0.25, -0.2) is 0 Å². The molecule has 0 radical (unpaired) electrons. The Hall–Kier alpha value is -3.60. The third kappa shape index (κ3) is 3.74. The lowest BCUT2D eigenvalue weighted by atomic mass is 10.0. The standard InChI is InChI=1S/C23H21N3O2/c1-2-28-18-10-5-7-16(13-18)15-24-23(27)22-14-21(25-26-22)20-12-6-9-17-8-3-4-11-19(17)20/h3-14H,2,15H2,1H3,(H,24,27)(H,25,26). The zero-order valence-electron chi connectivity index (χ0n) is 15.6. The zero-order valence-corrected chi connectivity index (χ0v) is 15.6. The fourth-order valence-corrected chi connectivity index (χ4v) is 3.21. The van der Waals surface area contributed by atoms with Crippen LogP contribution >= 0.6 is 0 Å². The summed E-state index contributed by atoms with van der Waals surface area (Å²) in [7, 11) is 0. The molecule has 4 aromatic rings. The normalized spacial score (nSPS) is 10.8. The molecule has 5 heteroatoms. The van der Waals surface area contributed by atoms with Crippen LogP contribution in [0.15, 0.2) is 72.8 Å². The van der Waals surface area contributed by atoms with Gasteiger partial charge in [0.2, 0.25) is 0 Å². The number of ether oxygens (including phenoxy) is 1. The van der Waals surface area contributed by atoms with Gasteiger partial charge in [0, 0.05) is 12.1 Å². The summed E-state index contributed by atoms with van der Waals surface area (Å²) in [6.07, 6.45) is 0. The average Bonchev–Trinajstić information content (AvgIpc) is 3.22. The van der Waals surface area contributed by atoms with Crippen molar-refractivity contribution in [2.45, 2.75) is 13.5 Å². The molecule has 0 atom stereocenters. The van der Waals surface area contributed by atoms with E-state index in [9.17, 15) is 4.79 Å². The number of carbonyl (C=O) groups excluding carboxylic acids is 1. The lowest BCUT2D eigenvalue weighted by molar-refractivity contribution is 0.0946. The number of hydrogen-bond donors (Lipinski definition) is 2. The molecule has 0 saturated heterocycles. The molecule has 0 aliphatic heterocycles. The number of fused-ring (bicyclic) bond motifs is 1. The molecule has 1 amide bonds. The van der Waals surface area contributed by atoms with Crippen molar-refractivity contribution in [1.82, 2.24) is 15.5 Å². The summed E-state index contributed by atoms with van der Waals surface area (Å²) >= 11 is 0. The molecule has 2 N–H and O–H groups in total. The van der Waals surface area contributed by atoms with E-state index in [0.29, 0.717) is 18.8 Å². The molecule has 0 aliphatic carbocycles. The first-order valence-electron chi connectivity index (χ1n) is 9.28. The van der Waals surface area contributed by atoms with Crippen molar-refractivity contribution < 1.29 is 9.53 Å². The second-order valence-corrected chi connectivity index (χ2v) is 6.46. The molecule has 3 aromatic carbocycles. The first-order valence-corrected chi connectivity index (χ1v) is 9.28. The third-order valence-corrected chi connectivity index (χ3v) is 4.55. The van der Waals surface area contributed by atoms with Gasteiger partial charge in [0.05, 0.1) is 12.3 Å². The number of benzene rings is 3. The first kappa shape index (κ1) is 17.8. The van der Waals surface area contributed by atoms with E-state index in [0.717, 1.165) is 33.3 Å². The van der Waals surface area contributed by atoms with Crippen LogP contribution in [0.4, 0.5) is 0 Å². The van der Waals surface area contributed by atoms with Crippen LogP contribution in [0.25, 0.3) is 22.0 Å². The van der Waals surface area contributed by atoms with Crippen LogP contribution < -0.4 is 10.1 Å². The lowest BCUT2D eigenvalue weighted by Gasteiger charge is -2.07. The van der Waals surface area contributed by atoms with Gasteiger partial charge in [-0.1, -0.05) is 54.6 Å². The molecule has 0 aliphatic rings. The summed E-state index contributed by atoms with van der Waals surface area (Å²) in [5.41, 5.74) is 3.16. The number of rotatable bonds is 6. The van der Waals surface area contributed by atoms with Crippen molar-refractivity contribution in [2.75, 3.05) is 6.61 Å². The van der Waals surface area contributed by atoms with Crippen molar-refractivity contribution in [1.29, 1.82) is 0 Å². The highest BCUT2D eigenvalue weighted by Gasteiger charge is 2.12. The van der Waals surface area contributed by atoms with Gasteiger partial charge in [-0.15, -0.1) is 0 Å². The Bertz CT molecular complexity index is 1110. The van der Waals surface area contributed by atoms with E-state index in [1.807, 2.05) is 55.5 Å². The number of nitrogens with zero attached hydrogens (tertiary/aromatic N) is 1. The first-order chi connectivity index (χ1) is 13.7. The maximum atomic E-state index is 12.5. The Morgan fingerprint density at radius 1 is 1.04 bits per heavy atom. The van der Waals surface area contributed by atoms with Gasteiger partial charge < -0.3 is 10.1 Å². The lowest BCUT2D eigenvalue weighted by Crippen LogP contribution is -2.23. The van der Waals surface area contributed by atoms with Crippen molar-refractivity contribution in [3.63, 3.8) is 0 Å². The van der Waals surface area contributed by atoms with Gasteiger partial charge >= 0.3 is 0 Å². The predicted molar refractivity (Wildman–Crippen MR) is 110 cm³/mol. The molecule has 0 fully saturated rings. The van der Waals surface area contributed by atoms with Gasteiger partial charge in [0.15, 0.2) is 0 Å². The second kappa shape index (κ2) is 7.96. The minimum Gasteiger partial charge on any atom is -0.494 e. The number of aromatic amines is 1. The molecule has 28 heavy (non-hydrogen) atoms. The number of carbonyl (C=O) groups is 1. The Kier molecular flexibility index (Phi) is 5.06. The van der Waals surface area contributed by atoms with Crippen LogP contribution in [0.2, 0.25) is 0 Å². The number of H-pyrrole nitrogens is 1. The molecule has 0 bridgehead atoms. The van der Waals surface area contributed by atoms with Crippen LogP contribution in [0.5, 0.6) is 5.75 Å². The van der Waals surface area contributed by atoms with Crippen LogP contribution in [-0.4, -0.2) is 22.7 Å². The van der Waals surface area contributed by atoms with E-state index in [4.69, 9.17) is 4.74 Å². The topological polar surface area (TPSA) is 67.0 Å². The van der Waals surface area contributed by atoms with Gasteiger partial charge in [-0.05, 0) is 41.5 Å². The Morgan fingerprint density at radius 3 is 2.75 bits per heavy atom. The van der Waals surface area contributed by atoms with Crippen molar-refractivity contribution in [3.05, 3.63) is 84.1 Å². The Labute approximate surface area is 163 Å². The summed E-state index contributed by atoms with van der Waals surface area (Å²) in [6, 6.07) is 23.7. The fourth-order valence-electron chi connectivity index (χ4n) is 3.21. The van der Waals surface area contributed by atoms with Crippen LogP contribution in [0.1, 0.15) is 23.0 Å². The second-order valence-electron chi connectivity index (χ2n) is 6.46. The summed E-state index contributed by atoms with van der Waals surface area (Å²) in [6.45, 7) is 2.98. The minimum atomic E-state index is -0.194. The third-order valence-electron chi connectivity index (χ3n) is 4.55. The molecule has 0 spiro atoms. The highest BCUT2D eigenvalue weighted by Crippen LogP contribution is 2.27. The zero-order chi connectivity index (χ0) is 19.3. The summed E-state index contributed by atoms with van der Waals surface area (Å²) in [5.74, 6) is 0.606. The molecule has 140 valence electrons. The van der Waals surface area contributed by atoms with E-state index in [2.05, 4.69) is 33.7 Å². The SMILES string of the molecule is CCOc1cccc(CNC(=O)c2cc(-c3cccc4ccccc34)n[nH]2)c1. The van der Waals surface area contributed by atoms with Gasteiger partial charge in [0.25, 0.3) is 5.91 Å². The predicted octanol–water partition coefficient (Wildman–Crippen LogP) is 4.56. The van der Waals surface area contributed by atoms with Gasteiger partial charge in [0.1, 0.15) is 11.4 Å². The molecule has 0 saturated carbocycles. The van der Waals surface area contributed by atoms with E-state index in [1.54, 1.807) is 6.07 Å². The van der Waals surface area contributed by atoms with Crippen molar-refractivity contribution in [3.8, 4) is 17.0 Å². The monoisotopic (exact) mass is 371 g/mol. The van der Waals surface area contributed by atoms with Crippen LogP contribution in [0.3, 0.4) is 0 Å². The molecule has 1 aromatic heterocycles. The maximum Gasteiger partial charge on any atom is 0.269 e.